The Balaban J connectivity index is 1.29. The van der Waals surface area contributed by atoms with Gasteiger partial charge in [-0.2, -0.15) is 0 Å². The first-order valence-corrected chi connectivity index (χ1v) is 9.60. The Morgan fingerprint density at radius 1 is 0.933 bits per heavy atom. The number of nitrogens with one attached hydrogen (secondary N) is 2. The van der Waals surface area contributed by atoms with Gasteiger partial charge in [0.25, 0.3) is 5.56 Å². The van der Waals surface area contributed by atoms with E-state index in [4.69, 9.17) is 0 Å². The smallest absolute Gasteiger partial charge is 0.258 e. The molecule has 0 saturated carbocycles. The van der Waals surface area contributed by atoms with E-state index in [0.717, 1.165) is 16.3 Å². The minimum Gasteiger partial charge on any atom is -0.354 e. The van der Waals surface area contributed by atoms with Gasteiger partial charge in [-0.25, -0.2) is 0 Å². The standard InChI is InChI=1S/C23H20N4O3/c28-21(26-18-13-17-6-2-4-8-20(17)25-14-18)9-11-24-22(29)15-27-12-10-16-5-1-3-7-19(16)23(27)30/h1-8,10,12-14H,9,11,15H2,(H,24,29)(H,26,28). The van der Waals surface area contributed by atoms with Crippen molar-refractivity contribution >= 4 is 39.2 Å². The number of carbonyl (C=O) groups excluding carboxylic acids is 2. The monoisotopic (exact) mass is 400 g/mol. The van der Waals surface area contributed by atoms with E-state index in [1.54, 1.807) is 30.6 Å². The van der Waals surface area contributed by atoms with Crippen LogP contribution in [0.3, 0.4) is 0 Å². The van der Waals surface area contributed by atoms with Crippen LogP contribution in [0.1, 0.15) is 6.42 Å². The highest BCUT2D eigenvalue weighted by Crippen LogP contribution is 2.16. The van der Waals surface area contributed by atoms with Gasteiger partial charge in [-0.05, 0) is 29.7 Å². The average Bonchev–Trinajstić information content (AvgIpc) is 2.76. The first-order valence-electron chi connectivity index (χ1n) is 9.60. The fourth-order valence-electron chi connectivity index (χ4n) is 3.24. The quantitative estimate of drug-likeness (QED) is 0.520. The summed E-state index contributed by atoms with van der Waals surface area (Å²) in [6.45, 7) is 0.0773. The van der Waals surface area contributed by atoms with Crippen molar-refractivity contribution in [3.05, 3.63) is 83.4 Å². The molecular weight excluding hydrogens is 380 g/mol. The van der Waals surface area contributed by atoms with Crippen molar-refractivity contribution in [2.24, 2.45) is 0 Å². The number of pyridine rings is 2. The van der Waals surface area contributed by atoms with Crippen LogP contribution in [0.5, 0.6) is 0 Å². The molecule has 0 unspecified atom stereocenters. The summed E-state index contributed by atoms with van der Waals surface area (Å²) in [6.07, 6.45) is 3.32. The molecule has 7 heteroatoms. The second-order valence-electron chi connectivity index (χ2n) is 6.90. The summed E-state index contributed by atoms with van der Waals surface area (Å²) in [5.74, 6) is -0.553. The minimum absolute atomic E-state index is 0.0973. The number of para-hydroxylation sites is 1. The summed E-state index contributed by atoms with van der Waals surface area (Å²) >= 11 is 0. The highest BCUT2D eigenvalue weighted by atomic mass is 16.2. The van der Waals surface area contributed by atoms with E-state index in [1.807, 2.05) is 42.5 Å². The van der Waals surface area contributed by atoms with Crippen LogP contribution in [-0.4, -0.2) is 27.9 Å². The van der Waals surface area contributed by atoms with Gasteiger partial charge in [0, 0.05) is 29.9 Å². The predicted molar refractivity (Wildman–Crippen MR) is 116 cm³/mol. The van der Waals surface area contributed by atoms with Gasteiger partial charge in [-0.15, -0.1) is 0 Å². The highest BCUT2D eigenvalue weighted by Gasteiger charge is 2.08. The molecule has 2 N–H and O–H groups in total. The van der Waals surface area contributed by atoms with Crippen LogP contribution in [-0.2, 0) is 16.1 Å². The molecule has 0 spiro atoms. The Bertz CT molecular complexity index is 1300. The summed E-state index contributed by atoms with van der Waals surface area (Å²) in [5.41, 5.74) is 1.24. The number of amides is 2. The number of carbonyl (C=O) groups is 2. The third-order valence-corrected chi connectivity index (χ3v) is 4.75. The number of anilines is 1. The van der Waals surface area contributed by atoms with Crippen molar-refractivity contribution in [1.82, 2.24) is 14.9 Å². The van der Waals surface area contributed by atoms with Gasteiger partial charge in [-0.3, -0.25) is 19.4 Å². The van der Waals surface area contributed by atoms with Gasteiger partial charge in [0.2, 0.25) is 11.8 Å². The number of hydrogen-bond donors (Lipinski definition) is 2. The van der Waals surface area contributed by atoms with E-state index in [2.05, 4.69) is 15.6 Å². The molecule has 2 aromatic carbocycles. The lowest BCUT2D eigenvalue weighted by Gasteiger charge is -2.09. The largest absolute Gasteiger partial charge is 0.354 e. The van der Waals surface area contributed by atoms with Crippen LogP contribution in [0, 0.1) is 0 Å². The fraction of sp³-hybridized carbons (Fsp3) is 0.130. The van der Waals surface area contributed by atoms with Gasteiger partial charge in [0.15, 0.2) is 0 Å². The molecule has 0 aliphatic carbocycles. The predicted octanol–water partition coefficient (Wildman–Crippen LogP) is 2.69. The van der Waals surface area contributed by atoms with Crippen LogP contribution < -0.4 is 16.2 Å². The molecule has 30 heavy (non-hydrogen) atoms. The van der Waals surface area contributed by atoms with Gasteiger partial charge >= 0.3 is 0 Å². The Morgan fingerprint density at radius 3 is 2.57 bits per heavy atom. The second-order valence-corrected chi connectivity index (χ2v) is 6.90. The summed E-state index contributed by atoms with van der Waals surface area (Å²) in [5, 5.41) is 7.79. The van der Waals surface area contributed by atoms with Crippen LogP contribution in [0.25, 0.3) is 21.7 Å². The maximum Gasteiger partial charge on any atom is 0.258 e. The van der Waals surface area contributed by atoms with Crippen LogP contribution in [0.4, 0.5) is 5.69 Å². The van der Waals surface area contributed by atoms with E-state index >= 15 is 0 Å². The normalized spacial score (nSPS) is 10.8. The summed E-state index contributed by atoms with van der Waals surface area (Å²) in [7, 11) is 0. The van der Waals surface area contributed by atoms with Gasteiger partial charge in [0.1, 0.15) is 6.54 Å². The van der Waals surface area contributed by atoms with Gasteiger partial charge < -0.3 is 15.2 Å². The molecule has 4 rings (SSSR count). The van der Waals surface area contributed by atoms with Crippen molar-refractivity contribution in [3.63, 3.8) is 0 Å². The lowest BCUT2D eigenvalue weighted by molar-refractivity contribution is -0.121. The van der Waals surface area contributed by atoms with Crippen molar-refractivity contribution in [1.29, 1.82) is 0 Å². The van der Waals surface area contributed by atoms with Crippen molar-refractivity contribution in [3.8, 4) is 0 Å². The summed E-state index contributed by atoms with van der Waals surface area (Å²) in [6, 6.07) is 18.5. The lowest BCUT2D eigenvalue weighted by Crippen LogP contribution is -2.33. The number of fused-ring (bicyclic) bond motifs is 2. The SMILES string of the molecule is O=C(Cn1ccc2ccccc2c1=O)NCCC(=O)Nc1cnc2ccccc2c1. The topological polar surface area (TPSA) is 93.1 Å². The maximum absolute atomic E-state index is 12.5. The lowest BCUT2D eigenvalue weighted by atomic mass is 10.2. The molecule has 2 amide bonds. The third kappa shape index (κ3) is 4.35. The van der Waals surface area contributed by atoms with E-state index < -0.39 is 0 Å². The van der Waals surface area contributed by atoms with Gasteiger partial charge in [-0.1, -0.05) is 36.4 Å². The molecule has 0 aliphatic rings. The molecular formula is C23H20N4O3. The molecule has 2 heterocycles. The molecule has 4 aromatic rings. The van der Waals surface area contributed by atoms with Crippen molar-refractivity contribution in [2.75, 3.05) is 11.9 Å². The molecule has 0 saturated heterocycles. The molecule has 2 aromatic heterocycles. The summed E-state index contributed by atoms with van der Waals surface area (Å²) in [4.78, 5) is 41.1. The number of aromatic nitrogens is 2. The first-order chi connectivity index (χ1) is 14.6. The highest BCUT2D eigenvalue weighted by molar-refractivity contribution is 5.93. The van der Waals surface area contributed by atoms with Crippen LogP contribution >= 0.6 is 0 Å². The van der Waals surface area contributed by atoms with Crippen molar-refractivity contribution < 1.29 is 9.59 Å². The van der Waals surface area contributed by atoms with E-state index in [0.29, 0.717) is 11.1 Å². The maximum atomic E-state index is 12.5. The Labute approximate surface area is 172 Å². The van der Waals surface area contributed by atoms with Gasteiger partial charge in [0.05, 0.1) is 17.4 Å². The molecule has 0 radical (unpaired) electrons. The van der Waals surface area contributed by atoms with E-state index in [1.165, 1.54) is 4.57 Å². The second kappa shape index (κ2) is 8.57. The number of benzene rings is 2. The zero-order valence-electron chi connectivity index (χ0n) is 16.2. The zero-order valence-corrected chi connectivity index (χ0v) is 16.2. The first kappa shape index (κ1) is 19.3. The van der Waals surface area contributed by atoms with E-state index in [-0.39, 0.29) is 36.9 Å². The zero-order chi connectivity index (χ0) is 20.9. The van der Waals surface area contributed by atoms with Crippen LogP contribution in [0.15, 0.2) is 77.9 Å². The number of rotatable bonds is 6. The van der Waals surface area contributed by atoms with Crippen LogP contribution in [0.2, 0.25) is 0 Å². The van der Waals surface area contributed by atoms with E-state index in [9.17, 15) is 14.4 Å². The number of nitrogens with zero attached hydrogens (tertiary/aromatic N) is 2. The molecule has 0 aliphatic heterocycles. The van der Waals surface area contributed by atoms with Crippen molar-refractivity contribution in [2.45, 2.75) is 13.0 Å². The molecule has 0 bridgehead atoms. The Hall–Kier alpha value is -4.00. The third-order valence-electron chi connectivity index (χ3n) is 4.75. The molecule has 0 fully saturated rings. The number of hydrogen-bond acceptors (Lipinski definition) is 4. The molecule has 150 valence electrons. The Kier molecular flexibility index (Phi) is 5.52. The fourth-order valence-corrected chi connectivity index (χ4v) is 3.24. The Morgan fingerprint density at radius 2 is 1.70 bits per heavy atom. The molecule has 0 atom stereocenters. The summed E-state index contributed by atoms with van der Waals surface area (Å²) < 4.78 is 1.36. The average molecular weight is 400 g/mol. The molecule has 7 nitrogen and oxygen atoms in total. The minimum atomic E-state index is -0.326.